The molecule has 122 valence electrons. The number of nitrogens with zero attached hydrogens (tertiary/aromatic N) is 1. The van der Waals surface area contributed by atoms with Crippen LogP contribution in [0.1, 0.15) is 27.9 Å². The SMILES string of the molecule is O=C(O[C@@H](c1ccccc1)c1ccccn1)c1cc2ccccc2o1. The first-order valence-corrected chi connectivity index (χ1v) is 7.97. The first kappa shape index (κ1) is 15.1. The van der Waals surface area contributed by atoms with Crippen LogP contribution in [0.5, 0.6) is 0 Å². The van der Waals surface area contributed by atoms with E-state index in [1.165, 1.54) is 0 Å². The highest BCUT2D eigenvalue weighted by Gasteiger charge is 2.23. The number of aromatic nitrogens is 1. The van der Waals surface area contributed by atoms with E-state index in [4.69, 9.17) is 9.15 Å². The molecule has 0 aliphatic rings. The molecular formula is C21H15NO3. The number of pyridine rings is 1. The van der Waals surface area contributed by atoms with Crippen LogP contribution >= 0.6 is 0 Å². The molecule has 4 nitrogen and oxygen atoms in total. The Kier molecular flexibility index (Phi) is 4.01. The van der Waals surface area contributed by atoms with Gasteiger partial charge in [-0.1, -0.05) is 54.6 Å². The summed E-state index contributed by atoms with van der Waals surface area (Å²) in [6.07, 6.45) is 1.09. The van der Waals surface area contributed by atoms with Crippen LogP contribution in [-0.2, 0) is 4.74 Å². The summed E-state index contributed by atoms with van der Waals surface area (Å²) in [5.74, 6) is -0.339. The lowest BCUT2D eigenvalue weighted by Gasteiger charge is -2.17. The summed E-state index contributed by atoms with van der Waals surface area (Å²) >= 11 is 0. The van der Waals surface area contributed by atoms with Gasteiger partial charge in [-0.2, -0.15) is 0 Å². The van der Waals surface area contributed by atoms with Crippen LogP contribution in [0, 0.1) is 0 Å². The number of carbonyl (C=O) groups is 1. The molecule has 2 aromatic carbocycles. The maximum absolute atomic E-state index is 12.6. The Hall–Kier alpha value is -3.40. The minimum absolute atomic E-state index is 0.179. The molecule has 4 heteroatoms. The van der Waals surface area contributed by atoms with Crippen molar-refractivity contribution in [1.29, 1.82) is 0 Å². The van der Waals surface area contributed by atoms with Crippen molar-refractivity contribution in [3.8, 4) is 0 Å². The van der Waals surface area contributed by atoms with Crippen molar-refractivity contribution in [3.63, 3.8) is 0 Å². The third-order valence-corrected chi connectivity index (χ3v) is 3.91. The Balaban J connectivity index is 1.67. The maximum atomic E-state index is 12.6. The molecular weight excluding hydrogens is 314 g/mol. The van der Waals surface area contributed by atoms with Crippen molar-refractivity contribution in [1.82, 2.24) is 4.98 Å². The molecule has 0 spiro atoms. The lowest BCUT2D eigenvalue weighted by molar-refractivity contribution is 0.0337. The number of esters is 1. The van der Waals surface area contributed by atoms with E-state index in [2.05, 4.69) is 4.98 Å². The number of furan rings is 1. The van der Waals surface area contributed by atoms with Crippen LogP contribution < -0.4 is 0 Å². The summed E-state index contributed by atoms with van der Waals surface area (Å²) in [4.78, 5) is 17.0. The van der Waals surface area contributed by atoms with Gasteiger partial charge in [0.15, 0.2) is 6.10 Å². The summed E-state index contributed by atoms with van der Waals surface area (Å²) in [6, 6.07) is 24.2. The molecule has 4 rings (SSSR count). The molecule has 2 aromatic heterocycles. The van der Waals surface area contributed by atoms with Crippen molar-refractivity contribution in [2.45, 2.75) is 6.10 Å². The summed E-state index contributed by atoms with van der Waals surface area (Å²) in [5.41, 5.74) is 2.17. The molecule has 0 aliphatic carbocycles. The van der Waals surface area contributed by atoms with Crippen molar-refractivity contribution in [2.24, 2.45) is 0 Å². The van der Waals surface area contributed by atoms with Gasteiger partial charge in [-0.3, -0.25) is 4.98 Å². The topological polar surface area (TPSA) is 52.3 Å². The fourth-order valence-electron chi connectivity index (χ4n) is 2.71. The summed E-state index contributed by atoms with van der Waals surface area (Å²) in [6.45, 7) is 0. The van der Waals surface area contributed by atoms with Gasteiger partial charge in [0, 0.05) is 11.6 Å². The third kappa shape index (κ3) is 3.15. The molecule has 25 heavy (non-hydrogen) atoms. The lowest BCUT2D eigenvalue weighted by atomic mass is 10.1. The number of rotatable bonds is 4. The molecule has 2 heterocycles. The van der Waals surface area contributed by atoms with E-state index in [1.807, 2.05) is 72.8 Å². The van der Waals surface area contributed by atoms with E-state index in [9.17, 15) is 4.79 Å². The molecule has 0 amide bonds. The predicted molar refractivity (Wildman–Crippen MR) is 94.2 cm³/mol. The molecule has 0 unspecified atom stereocenters. The smallest absolute Gasteiger partial charge is 0.375 e. The molecule has 0 N–H and O–H groups in total. The van der Waals surface area contributed by atoms with Crippen LogP contribution in [0.25, 0.3) is 11.0 Å². The molecule has 4 aromatic rings. The predicted octanol–water partition coefficient (Wildman–Crippen LogP) is 4.77. The van der Waals surface area contributed by atoms with E-state index in [0.717, 1.165) is 10.9 Å². The highest BCUT2D eigenvalue weighted by atomic mass is 16.6. The van der Waals surface area contributed by atoms with Crippen molar-refractivity contribution >= 4 is 16.9 Å². The number of benzene rings is 2. The van der Waals surface area contributed by atoms with E-state index in [0.29, 0.717) is 11.3 Å². The molecule has 0 aliphatic heterocycles. The fraction of sp³-hybridized carbons (Fsp3) is 0.0476. The van der Waals surface area contributed by atoms with Gasteiger partial charge in [-0.25, -0.2) is 4.79 Å². The molecule has 1 atom stereocenters. The van der Waals surface area contributed by atoms with Gasteiger partial charge >= 0.3 is 5.97 Å². The van der Waals surface area contributed by atoms with Crippen LogP contribution in [0.15, 0.2) is 89.5 Å². The van der Waals surface area contributed by atoms with Gasteiger partial charge in [0.2, 0.25) is 5.76 Å². The van der Waals surface area contributed by atoms with E-state index >= 15 is 0 Å². The number of hydrogen-bond donors (Lipinski definition) is 0. The number of carbonyl (C=O) groups excluding carboxylic acids is 1. The Labute approximate surface area is 144 Å². The number of fused-ring (bicyclic) bond motifs is 1. The normalized spacial score (nSPS) is 12.0. The highest BCUT2D eigenvalue weighted by Crippen LogP contribution is 2.27. The van der Waals surface area contributed by atoms with E-state index in [-0.39, 0.29) is 5.76 Å². The van der Waals surface area contributed by atoms with Gasteiger partial charge in [0.1, 0.15) is 5.58 Å². The zero-order valence-electron chi connectivity index (χ0n) is 13.3. The van der Waals surface area contributed by atoms with Gasteiger partial charge in [0.05, 0.1) is 5.69 Å². The van der Waals surface area contributed by atoms with Crippen molar-refractivity contribution in [3.05, 3.63) is 102 Å². The van der Waals surface area contributed by atoms with Crippen LogP contribution in [-0.4, -0.2) is 11.0 Å². The summed E-state index contributed by atoms with van der Waals surface area (Å²) < 4.78 is 11.4. The van der Waals surface area contributed by atoms with Crippen LogP contribution in [0.3, 0.4) is 0 Å². The molecule has 0 fully saturated rings. The lowest BCUT2D eigenvalue weighted by Crippen LogP contribution is -2.13. The first-order valence-electron chi connectivity index (χ1n) is 7.97. The summed E-state index contributed by atoms with van der Waals surface area (Å²) in [5, 5.41) is 0.864. The van der Waals surface area contributed by atoms with Crippen LogP contribution in [0.4, 0.5) is 0 Å². The average molecular weight is 329 g/mol. The largest absolute Gasteiger partial charge is 0.449 e. The van der Waals surface area contributed by atoms with Gasteiger partial charge in [-0.05, 0) is 29.8 Å². The molecule has 0 saturated heterocycles. The Morgan fingerprint density at radius 1 is 0.920 bits per heavy atom. The molecule has 0 radical (unpaired) electrons. The minimum Gasteiger partial charge on any atom is -0.449 e. The fourth-order valence-corrected chi connectivity index (χ4v) is 2.71. The standard InChI is InChI=1S/C21H15NO3/c23-21(19-14-16-10-4-5-12-18(16)24-19)25-20(15-8-2-1-3-9-15)17-11-6-7-13-22-17/h1-14,20H/t20-/m0/s1. The summed E-state index contributed by atoms with van der Waals surface area (Å²) in [7, 11) is 0. The Bertz CT molecular complexity index is 921. The van der Waals surface area contributed by atoms with Crippen molar-refractivity contribution < 1.29 is 13.9 Å². The number of para-hydroxylation sites is 1. The van der Waals surface area contributed by atoms with Gasteiger partial charge in [0.25, 0.3) is 0 Å². The number of ether oxygens (including phenoxy) is 1. The first-order chi connectivity index (χ1) is 12.3. The number of hydrogen-bond acceptors (Lipinski definition) is 4. The zero-order valence-corrected chi connectivity index (χ0v) is 13.3. The van der Waals surface area contributed by atoms with E-state index < -0.39 is 12.1 Å². The van der Waals surface area contributed by atoms with Crippen molar-refractivity contribution in [2.75, 3.05) is 0 Å². The molecule has 0 saturated carbocycles. The second-order valence-electron chi connectivity index (χ2n) is 5.60. The Morgan fingerprint density at radius 3 is 2.44 bits per heavy atom. The average Bonchev–Trinajstić information content (AvgIpc) is 3.12. The zero-order chi connectivity index (χ0) is 17.1. The van der Waals surface area contributed by atoms with Crippen LogP contribution in [0.2, 0.25) is 0 Å². The second-order valence-corrected chi connectivity index (χ2v) is 5.60. The van der Waals surface area contributed by atoms with Gasteiger partial charge in [-0.15, -0.1) is 0 Å². The quantitative estimate of drug-likeness (QED) is 0.506. The molecule has 0 bridgehead atoms. The monoisotopic (exact) mass is 329 g/mol. The third-order valence-electron chi connectivity index (χ3n) is 3.91. The second kappa shape index (κ2) is 6.61. The minimum atomic E-state index is -0.594. The van der Waals surface area contributed by atoms with E-state index in [1.54, 1.807) is 12.3 Å². The van der Waals surface area contributed by atoms with Gasteiger partial charge < -0.3 is 9.15 Å². The maximum Gasteiger partial charge on any atom is 0.375 e. The highest BCUT2D eigenvalue weighted by molar-refractivity contribution is 5.92. The Morgan fingerprint density at radius 2 is 1.68 bits per heavy atom.